The van der Waals surface area contributed by atoms with Crippen molar-refractivity contribution in [3.63, 3.8) is 0 Å². The van der Waals surface area contributed by atoms with E-state index in [0.717, 1.165) is 0 Å². The quantitative estimate of drug-likeness (QED) is 0.642. The van der Waals surface area contributed by atoms with E-state index in [1.165, 1.54) is 0 Å². The molecule has 5 heteroatoms. The van der Waals surface area contributed by atoms with Crippen LogP contribution in [0.2, 0.25) is 0 Å². The first-order valence-corrected chi connectivity index (χ1v) is 3.13. The maximum atomic E-state index is 9.16. The molecule has 0 aliphatic heterocycles. The van der Waals surface area contributed by atoms with E-state index in [1.54, 1.807) is 0 Å². The predicted octanol–water partition coefficient (Wildman–Crippen LogP) is -0.306. The van der Waals surface area contributed by atoms with Gasteiger partial charge in [0.2, 0.25) is 0 Å². The Hall–Kier alpha value is 2.03. The fourth-order valence-corrected chi connectivity index (χ4v) is 0.249. The zero-order chi connectivity index (χ0) is 4.12. The number of hydrogen-bond donors (Lipinski definition) is 0. The average molecular weight is 398 g/mol. The number of hydrogen-bond acceptors (Lipinski definition) is 3. The third kappa shape index (κ3) is 6.03. The van der Waals surface area contributed by atoms with Crippen LogP contribution < -0.4 is 0 Å². The molecule has 0 unspecified atom stereocenters. The fourth-order valence-electron chi connectivity index (χ4n) is 0.00454. The second-order valence-corrected chi connectivity index (χ2v) is 2.14. The van der Waals surface area contributed by atoms with E-state index >= 15 is 0 Å². The van der Waals surface area contributed by atoms with Crippen molar-refractivity contribution < 1.29 is 68.8 Å². The maximum absolute atomic E-state index is 9.16. The van der Waals surface area contributed by atoms with Crippen LogP contribution >= 0.6 is 0 Å². The molecule has 0 aromatic rings. The molecule has 48 valence electrons. The molecule has 0 rings (SSSR count). The molecule has 0 heterocycles. The third-order valence-electron chi connectivity index (χ3n) is 0.0222. The molecule has 0 aliphatic carbocycles. The van der Waals surface area contributed by atoms with Crippen LogP contribution in [0.25, 0.3) is 0 Å². The van der Waals surface area contributed by atoms with Crippen molar-refractivity contribution in [2.75, 3.05) is 0 Å². The van der Waals surface area contributed by atoms with Gasteiger partial charge >= 0.3 is 68.8 Å². The first-order chi connectivity index (χ1) is 2.41. The van der Waals surface area contributed by atoms with Crippen molar-refractivity contribution in [1.29, 1.82) is 0 Å². The van der Waals surface area contributed by atoms with E-state index in [4.69, 9.17) is 3.08 Å². The van der Waals surface area contributed by atoms with E-state index in [2.05, 4.69) is -1.64 Å². The van der Waals surface area contributed by atoms with Crippen LogP contribution in [0.15, 0.2) is 0 Å². The second kappa shape index (κ2) is 6.03. The Labute approximate surface area is 67.0 Å². The summed E-state index contributed by atoms with van der Waals surface area (Å²) in [5, 5.41) is 0. The van der Waals surface area contributed by atoms with Gasteiger partial charge < -0.3 is 0 Å². The van der Waals surface area contributed by atoms with Crippen LogP contribution in [-0.4, -0.2) is 0 Å². The van der Waals surface area contributed by atoms with Crippen LogP contribution in [-0.2, 0) is 1.44 Å². The van der Waals surface area contributed by atoms with Gasteiger partial charge in [0.1, 0.15) is 0 Å². The molecule has 0 radical (unpaired) electrons. The predicted molar refractivity (Wildman–Crippen MR) is 2.46 cm³/mol. The van der Waals surface area contributed by atoms with Crippen LogP contribution in [0.1, 0.15) is 0 Å². The zero-order valence-electron chi connectivity index (χ0n) is 1.74. The molecular weight excluding hydrogens is 398 g/mol. The van der Waals surface area contributed by atoms with Gasteiger partial charge in [0.25, 0.3) is 0 Å². The summed E-state index contributed by atoms with van der Waals surface area (Å²) in [7, 11) is 0. The second-order valence-electron chi connectivity index (χ2n) is 0.113. The van der Waals surface area contributed by atoms with E-state index in [1.807, 2.05) is 0 Å². The fraction of sp³-hybridized carbons (Fsp3) is 0. The van der Waals surface area contributed by atoms with Crippen molar-refractivity contribution in [3.05, 3.63) is 0 Å². The molecule has 0 aliphatic rings. The van der Waals surface area contributed by atoms with Crippen molar-refractivity contribution in [2.45, 2.75) is 0 Å². The van der Waals surface area contributed by atoms with E-state index < -0.39 is 67.4 Å². The summed E-state index contributed by atoms with van der Waals surface area (Å²) >= 11 is -1.96. The van der Waals surface area contributed by atoms with E-state index in [9.17, 15) is 0 Å². The molecule has 0 amide bonds. The van der Waals surface area contributed by atoms with Gasteiger partial charge in [0, 0.05) is 0 Å². The normalized spacial score (nSPS) is 9.60. The van der Waals surface area contributed by atoms with E-state index in [0.29, 0.717) is 0 Å². The molecule has 0 fully saturated rings. The van der Waals surface area contributed by atoms with E-state index in [-0.39, 0.29) is 0 Å². The first kappa shape index (κ1) is 7.03. The number of rotatable bonds is 2. The minimum atomic E-state index is -0.979. The monoisotopic (exact) mass is 398 g/mol. The Morgan fingerprint density at radius 1 is 1.20 bits per heavy atom. The summed E-state index contributed by atoms with van der Waals surface area (Å²) in [6, 6.07) is 0. The Bertz CT molecular complexity index is 34.2. The van der Waals surface area contributed by atoms with Crippen LogP contribution in [0.3, 0.4) is 0 Å². The van der Waals surface area contributed by atoms with Crippen LogP contribution in [0.5, 0.6) is 0 Å². The summed E-state index contributed by atoms with van der Waals surface area (Å²) in [4.78, 5) is 0. The van der Waals surface area contributed by atoms with Crippen molar-refractivity contribution in [1.82, 2.24) is 0 Å². The van der Waals surface area contributed by atoms with Crippen molar-refractivity contribution in [2.24, 2.45) is 0 Å². The van der Waals surface area contributed by atoms with Gasteiger partial charge in [-0.25, -0.2) is 0 Å². The Balaban J connectivity index is 2.65. The summed E-state index contributed by atoms with van der Waals surface area (Å²) in [6.45, 7) is 0. The summed E-state index contributed by atoms with van der Waals surface area (Å²) < 4.78 is 22.1. The molecule has 3 nitrogen and oxygen atoms in total. The average Bonchev–Trinajstić information content (AvgIpc) is 1.41. The molecule has 0 spiro atoms. The van der Waals surface area contributed by atoms with Gasteiger partial charge in [-0.2, -0.15) is 0 Å². The van der Waals surface area contributed by atoms with Crippen LogP contribution in [0, 0.1) is 67.4 Å². The van der Waals surface area contributed by atoms with Gasteiger partial charge in [0.05, 0.1) is 0 Å². The topological polar surface area (TPSA) is 43.4 Å². The van der Waals surface area contributed by atoms with Crippen molar-refractivity contribution >= 4 is 0 Å². The molecule has 5 heavy (non-hydrogen) atoms. The zero-order valence-corrected chi connectivity index (χ0v) is 5.05. The standard InChI is InChI=1S/2Lu.3O. The first-order valence-electron chi connectivity index (χ1n) is 0.422. The molecule has 0 aromatic heterocycles. The molecule has 0 aromatic carbocycles. The Morgan fingerprint density at radius 2 is 1.60 bits per heavy atom. The summed E-state index contributed by atoms with van der Waals surface area (Å²) in [5.74, 6) is 0. The molecular formula is Lu2O3. The Kier molecular flexibility index (Phi) is 8.47. The molecule has 0 bridgehead atoms. The molecule has 0 atom stereocenters. The molecule has 0 saturated heterocycles. The van der Waals surface area contributed by atoms with Gasteiger partial charge in [-0.15, -0.1) is 0 Å². The molecule has 0 saturated carbocycles. The SMILES string of the molecule is [O]=[Lu][O][Lu]=[O]. The third-order valence-corrected chi connectivity index (χ3v) is 1.22. The van der Waals surface area contributed by atoms with Gasteiger partial charge in [-0.3, -0.25) is 0 Å². The summed E-state index contributed by atoms with van der Waals surface area (Å²) in [6.07, 6.45) is 0. The van der Waals surface area contributed by atoms with Crippen LogP contribution in [0.4, 0.5) is 0 Å². The summed E-state index contributed by atoms with van der Waals surface area (Å²) in [5.41, 5.74) is 0. The van der Waals surface area contributed by atoms with Gasteiger partial charge in [-0.1, -0.05) is 0 Å². The van der Waals surface area contributed by atoms with Gasteiger partial charge in [0.15, 0.2) is 0 Å². The van der Waals surface area contributed by atoms with Gasteiger partial charge in [-0.05, 0) is 0 Å². The molecule has 0 N–H and O–H groups in total. The minimum absolute atomic E-state index is 0.979. The Morgan fingerprint density at radius 3 is 1.60 bits per heavy atom. The van der Waals surface area contributed by atoms with Crippen molar-refractivity contribution in [3.8, 4) is 0 Å².